The highest BCUT2D eigenvalue weighted by Gasteiger charge is 2.29. The minimum atomic E-state index is -3.70. The maximum atomic E-state index is 13.0. The summed E-state index contributed by atoms with van der Waals surface area (Å²) in [6.07, 6.45) is 0.693. The Bertz CT molecular complexity index is 953. The van der Waals surface area contributed by atoms with Crippen molar-refractivity contribution in [2.75, 3.05) is 19.6 Å². The van der Waals surface area contributed by atoms with Crippen LogP contribution in [0.3, 0.4) is 0 Å². The molecule has 1 aliphatic heterocycles. The molecule has 1 aliphatic rings. The Morgan fingerprint density at radius 3 is 2.81 bits per heavy atom. The van der Waals surface area contributed by atoms with E-state index in [0.29, 0.717) is 26.1 Å². The fraction of sp³-hybridized carbons (Fsp3) is 0.333. The lowest BCUT2D eigenvalue weighted by atomic mass is 10.1. The summed E-state index contributed by atoms with van der Waals surface area (Å²) >= 11 is 1.64. The van der Waals surface area contributed by atoms with Gasteiger partial charge in [0.2, 0.25) is 15.9 Å². The average molecular weight is 408 g/mol. The third-order valence-corrected chi connectivity index (χ3v) is 7.15. The van der Waals surface area contributed by atoms with Crippen molar-refractivity contribution in [3.05, 3.63) is 51.7 Å². The zero-order chi connectivity index (χ0) is 19.4. The standard InChI is InChI=1S/C18H21N3O4S2/c1-2-19-17(22)11-20-18(23)13-4-3-5-15(10-13)27(24,25)21-8-6-16-14(12-21)7-9-26-16/h3-5,7,9-10H,2,6,8,11-12H2,1H3,(H,19,22)(H,20,23). The molecule has 2 aromatic rings. The second-order valence-corrected chi connectivity index (χ2v) is 9.06. The Balaban J connectivity index is 1.74. The van der Waals surface area contributed by atoms with E-state index in [4.69, 9.17) is 0 Å². The predicted octanol–water partition coefficient (Wildman–Crippen LogP) is 1.36. The highest BCUT2D eigenvalue weighted by atomic mass is 32.2. The summed E-state index contributed by atoms with van der Waals surface area (Å²) in [6, 6.07) is 7.85. The molecule has 0 spiro atoms. The number of nitrogens with zero attached hydrogens (tertiary/aromatic N) is 1. The van der Waals surface area contributed by atoms with E-state index in [2.05, 4.69) is 10.6 Å². The molecular weight excluding hydrogens is 386 g/mol. The lowest BCUT2D eigenvalue weighted by molar-refractivity contribution is -0.120. The summed E-state index contributed by atoms with van der Waals surface area (Å²) in [4.78, 5) is 25.0. The Morgan fingerprint density at radius 1 is 1.22 bits per heavy atom. The van der Waals surface area contributed by atoms with Gasteiger partial charge in [0.1, 0.15) is 0 Å². The molecule has 0 unspecified atom stereocenters. The number of benzene rings is 1. The van der Waals surface area contributed by atoms with Gasteiger partial charge < -0.3 is 10.6 Å². The molecule has 27 heavy (non-hydrogen) atoms. The Labute approximate surface area is 162 Å². The van der Waals surface area contributed by atoms with E-state index in [1.807, 2.05) is 11.4 Å². The Kier molecular flexibility index (Phi) is 5.93. The van der Waals surface area contributed by atoms with Crippen molar-refractivity contribution in [3.63, 3.8) is 0 Å². The molecule has 2 N–H and O–H groups in total. The lowest BCUT2D eigenvalue weighted by Gasteiger charge is -2.26. The van der Waals surface area contributed by atoms with Gasteiger partial charge in [-0.15, -0.1) is 11.3 Å². The maximum absolute atomic E-state index is 13.0. The summed E-state index contributed by atoms with van der Waals surface area (Å²) in [5.74, 6) is -0.786. The van der Waals surface area contributed by atoms with Crippen molar-refractivity contribution in [3.8, 4) is 0 Å². The number of carbonyl (C=O) groups is 2. The van der Waals surface area contributed by atoms with E-state index < -0.39 is 15.9 Å². The van der Waals surface area contributed by atoms with Gasteiger partial charge in [-0.2, -0.15) is 4.31 Å². The quantitative estimate of drug-likeness (QED) is 0.756. The molecule has 1 aromatic heterocycles. The van der Waals surface area contributed by atoms with E-state index >= 15 is 0 Å². The van der Waals surface area contributed by atoms with Gasteiger partial charge >= 0.3 is 0 Å². The third-order valence-electron chi connectivity index (χ3n) is 4.29. The number of hydrogen-bond donors (Lipinski definition) is 2. The smallest absolute Gasteiger partial charge is 0.251 e. The molecular formula is C18H21N3O4S2. The van der Waals surface area contributed by atoms with Gasteiger partial charge in [0.05, 0.1) is 11.4 Å². The molecule has 7 nitrogen and oxygen atoms in total. The zero-order valence-electron chi connectivity index (χ0n) is 14.9. The van der Waals surface area contributed by atoms with E-state index in [9.17, 15) is 18.0 Å². The number of likely N-dealkylation sites (N-methyl/N-ethyl adjacent to an activating group) is 1. The van der Waals surface area contributed by atoms with Crippen LogP contribution in [0, 0.1) is 0 Å². The minimum Gasteiger partial charge on any atom is -0.355 e. The lowest BCUT2D eigenvalue weighted by Crippen LogP contribution is -2.37. The van der Waals surface area contributed by atoms with Crippen LogP contribution in [0.15, 0.2) is 40.6 Å². The highest BCUT2D eigenvalue weighted by Crippen LogP contribution is 2.28. The Hall–Kier alpha value is -2.23. The van der Waals surface area contributed by atoms with Crippen molar-refractivity contribution in [1.29, 1.82) is 0 Å². The number of fused-ring (bicyclic) bond motifs is 1. The van der Waals surface area contributed by atoms with Crippen LogP contribution in [0.1, 0.15) is 27.7 Å². The van der Waals surface area contributed by atoms with Crippen molar-refractivity contribution in [2.24, 2.45) is 0 Å². The van der Waals surface area contributed by atoms with Crippen LogP contribution in [-0.4, -0.2) is 44.2 Å². The summed E-state index contributed by atoms with van der Waals surface area (Å²) < 4.78 is 27.4. The Morgan fingerprint density at radius 2 is 2.04 bits per heavy atom. The molecule has 0 saturated carbocycles. The van der Waals surface area contributed by atoms with Crippen LogP contribution in [-0.2, 0) is 27.8 Å². The summed E-state index contributed by atoms with van der Waals surface area (Å²) in [5.41, 5.74) is 1.24. The van der Waals surface area contributed by atoms with E-state index in [0.717, 1.165) is 5.56 Å². The van der Waals surface area contributed by atoms with E-state index in [-0.39, 0.29) is 22.9 Å². The van der Waals surface area contributed by atoms with Crippen molar-refractivity contribution in [2.45, 2.75) is 24.8 Å². The normalized spacial score (nSPS) is 14.4. The van der Waals surface area contributed by atoms with Gasteiger partial charge in [0.25, 0.3) is 5.91 Å². The first kappa shape index (κ1) is 19.5. The fourth-order valence-electron chi connectivity index (χ4n) is 2.90. The molecule has 0 radical (unpaired) electrons. The first-order chi connectivity index (χ1) is 12.9. The first-order valence-electron chi connectivity index (χ1n) is 8.62. The number of amides is 2. The number of thiophene rings is 1. The topological polar surface area (TPSA) is 95.6 Å². The third kappa shape index (κ3) is 4.37. The van der Waals surface area contributed by atoms with Crippen molar-refractivity contribution < 1.29 is 18.0 Å². The predicted molar refractivity (Wildman–Crippen MR) is 103 cm³/mol. The molecule has 0 bridgehead atoms. The summed E-state index contributed by atoms with van der Waals surface area (Å²) in [7, 11) is -3.70. The molecule has 1 aromatic carbocycles. The monoisotopic (exact) mass is 407 g/mol. The van der Waals surface area contributed by atoms with Gasteiger partial charge in [-0.25, -0.2) is 8.42 Å². The molecule has 0 fully saturated rings. The number of carbonyl (C=O) groups excluding carboxylic acids is 2. The number of rotatable bonds is 6. The fourth-order valence-corrected chi connectivity index (χ4v) is 5.25. The SMILES string of the molecule is CCNC(=O)CNC(=O)c1cccc(S(=O)(=O)N2CCc3sccc3C2)c1. The average Bonchev–Trinajstić information content (AvgIpc) is 3.14. The molecule has 3 rings (SSSR count). The maximum Gasteiger partial charge on any atom is 0.251 e. The van der Waals surface area contributed by atoms with Crippen LogP contribution >= 0.6 is 11.3 Å². The summed E-state index contributed by atoms with van der Waals surface area (Å²) in [6.45, 7) is 2.87. The number of hydrogen-bond acceptors (Lipinski definition) is 5. The van der Waals surface area contributed by atoms with Crippen LogP contribution in [0.25, 0.3) is 0 Å². The molecule has 2 heterocycles. The largest absolute Gasteiger partial charge is 0.355 e. The van der Waals surface area contributed by atoms with Gasteiger partial charge in [-0.05, 0) is 48.6 Å². The van der Waals surface area contributed by atoms with Crippen LogP contribution in [0.2, 0.25) is 0 Å². The van der Waals surface area contributed by atoms with Gasteiger partial charge in [0.15, 0.2) is 0 Å². The van der Waals surface area contributed by atoms with Crippen LogP contribution in [0.5, 0.6) is 0 Å². The van der Waals surface area contributed by atoms with E-state index in [1.54, 1.807) is 18.3 Å². The molecule has 0 atom stereocenters. The highest BCUT2D eigenvalue weighted by molar-refractivity contribution is 7.89. The summed E-state index contributed by atoms with van der Waals surface area (Å²) in [5, 5.41) is 7.05. The first-order valence-corrected chi connectivity index (χ1v) is 10.9. The minimum absolute atomic E-state index is 0.0758. The second-order valence-electron chi connectivity index (χ2n) is 6.12. The van der Waals surface area contributed by atoms with Gasteiger partial charge in [-0.1, -0.05) is 6.07 Å². The van der Waals surface area contributed by atoms with Gasteiger partial charge in [-0.3, -0.25) is 9.59 Å². The zero-order valence-corrected chi connectivity index (χ0v) is 16.5. The molecule has 2 amide bonds. The number of sulfonamides is 1. The van der Waals surface area contributed by atoms with Crippen LogP contribution in [0.4, 0.5) is 0 Å². The molecule has 9 heteroatoms. The molecule has 0 saturated heterocycles. The molecule has 144 valence electrons. The second kappa shape index (κ2) is 8.20. The van der Waals surface area contributed by atoms with Crippen LogP contribution < -0.4 is 10.6 Å². The van der Waals surface area contributed by atoms with Crippen molar-refractivity contribution >= 4 is 33.2 Å². The number of nitrogens with one attached hydrogen (secondary N) is 2. The van der Waals surface area contributed by atoms with Crippen molar-refractivity contribution in [1.82, 2.24) is 14.9 Å². The van der Waals surface area contributed by atoms with E-state index in [1.165, 1.54) is 33.4 Å². The van der Waals surface area contributed by atoms with Gasteiger partial charge in [0, 0.05) is 30.1 Å². The molecule has 0 aliphatic carbocycles.